The van der Waals surface area contributed by atoms with Crippen molar-refractivity contribution in [1.29, 1.82) is 0 Å². The lowest BCUT2D eigenvalue weighted by molar-refractivity contribution is 0.102. The average Bonchev–Trinajstić information content (AvgIpc) is 2.73. The molecule has 0 unspecified atom stereocenters. The molecule has 0 saturated carbocycles. The lowest BCUT2D eigenvalue weighted by Gasteiger charge is -2.09. The SMILES string of the molecule is Cc1cc(=O)oc2cc(OCc3ccc(C(=O)Nc4ccccc4)cc3)ccc12. The molecule has 4 rings (SSSR count). The number of hydrogen-bond donors (Lipinski definition) is 1. The van der Waals surface area contributed by atoms with Crippen LogP contribution >= 0.6 is 0 Å². The van der Waals surface area contributed by atoms with Gasteiger partial charge in [-0.25, -0.2) is 4.79 Å². The highest BCUT2D eigenvalue weighted by Gasteiger charge is 2.07. The number of benzene rings is 3. The number of ether oxygens (including phenoxy) is 1. The fraction of sp³-hybridized carbons (Fsp3) is 0.0833. The van der Waals surface area contributed by atoms with Crippen molar-refractivity contribution in [2.24, 2.45) is 0 Å². The van der Waals surface area contributed by atoms with Gasteiger partial charge in [-0.1, -0.05) is 30.3 Å². The van der Waals surface area contributed by atoms with Gasteiger partial charge in [0.2, 0.25) is 0 Å². The van der Waals surface area contributed by atoms with Crippen LogP contribution in [0.1, 0.15) is 21.5 Å². The van der Waals surface area contributed by atoms with Gasteiger partial charge in [0.15, 0.2) is 0 Å². The molecular weight excluding hydrogens is 366 g/mol. The molecular formula is C24H19NO4. The van der Waals surface area contributed by atoms with Crippen LogP contribution in [0.25, 0.3) is 11.0 Å². The van der Waals surface area contributed by atoms with Crippen LogP contribution in [0.2, 0.25) is 0 Å². The summed E-state index contributed by atoms with van der Waals surface area (Å²) in [6, 6.07) is 23.5. The third-order valence-electron chi connectivity index (χ3n) is 4.58. The number of nitrogens with one attached hydrogen (secondary N) is 1. The number of aryl methyl sites for hydroxylation is 1. The molecule has 1 N–H and O–H groups in total. The summed E-state index contributed by atoms with van der Waals surface area (Å²) in [5.74, 6) is 0.445. The van der Waals surface area contributed by atoms with Crippen LogP contribution < -0.4 is 15.7 Å². The second kappa shape index (κ2) is 8.02. The Kier molecular flexibility index (Phi) is 5.12. The average molecular weight is 385 g/mol. The van der Waals surface area contributed by atoms with Crippen LogP contribution in [0, 0.1) is 6.92 Å². The Bertz CT molecular complexity index is 1210. The Balaban J connectivity index is 1.42. The predicted molar refractivity (Wildman–Crippen MR) is 112 cm³/mol. The van der Waals surface area contributed by atoms with Crippen molar-refractivity contribution in [2.45, 2.75) is 13.5 Å². The maximum Gasteiger partial charge on any atom is 0.336 e. The molecule has 1 heterocycles. The van der Waals surface area contributed by atoms with E-state index in [0.29, 0.717) is 23.5 Å². The first-order valence-electron chi connectivity index (χ1n) is 9.21. The van der Waals surface area contributed by atoms with Crippen LogP contribution in [0.15, 0.2) is 88.1 Å². The Morgan fingerprint density at radius 3 is 2.48 bits per heavy atom. The summed E-state index contributed by atoms with van der Waals surface area (Å²) in [4.78, 5) is 23.9. The Morgan fingerprint density at radius 1 is 0.966 bits per heavy atom. The largest absolute Gasteiger partial charge is 0.489 e. The number of hydrogen-bond acceptors (Lipinski definition) is 4. The minimum Gasteiger partial charge on any atom is -0.489 e. The third kappa shape index (κ3) is 4.35. The van der Waals surface area contributed by atoms with E-state index in [1.54, 1.807) is 18.2 Å². The van der Waals surface area contributed by atoms with E-state index in [-0.39, 0.29) is 11.5 Å². The molecule has 144 valence electrons. The van der Waals surface area contributed by atoms with E-state index in [1.807, 2.05) is 61.5 Å². The molecule has 0 fully saturated rings. The standard InChI is InChI=1S/C24H19NO4/c1-16-13-23(26)29-22-14-20(11-12-21(16)22)28-15-17-7-9-18(10-8-17)24(27)25-19-5-3-2-4-6-19/h2-14H,15H2,1H3,(H,25,27). The van der Waals surface area contributed by atoms with Crippen LogP contribution in [-0.2, 0) is 6.61 Å². The minimum absolute atomic E-state index is 0.163. The Hall–Kier alpha value is -3.86. The van der Waals surface area contributed by atoms with Crippen LogP contribution in [0.3, 0.4) is 0 Å². The first-order valence-corrected chi connectivity index (χ1v) is 9.21. The van der Waals surface area contributed by atoms with Crippen molar-refractivity contribution in [3.8, 4) is 5.75 Å². The molecule has 4 aromatic rings. The van der Waals surface area contributed by atoms with E-state index in [0.717, 1.165) is 22.2 Å². The normalized spacial score (nSPS) is 10.7. The topological polar surface area (TPSA) is 68.5 Å². The van der Waals surface area contributed by atoms with Gasteiger partial charge in [-0.3, -0.25) is 4.79 Å². The number of amides is 1. The molecule has 0 bridgehead atoms. The van der Waals surface area contributed by atoms with E-state index in [1.165, 1.54) is 6.07 Å². The number of rotatable bonds is 5. The highest BCUT2D eigenvalue weighted by atomic mass is 16.5. The van der Waals surface area contributed by atoms with Crippen LogP contribution in [-0.4, -0.2) is 5.91 Å². The van der Waals surface area contributed by atoms with Crippen molar-refractivity contribution in [3.05, 3.63) is 106 Å². The summed E-state index contributed by atoms with van der Waals surface area (Å²) in [6.45, 7) is 2.21. The molecule has 1 amide bonds. The van der Waals surface area contributed by atoms with Crippen LogP contribution in [0.4, 0.5) is 5.69 Å². The zero-order valence-corrected chi connectivity index (χ0v) is 15.8. The molecule has 0 atom stereocenters. The molecule has 0 aliphatic heterocycles. The summed E-state index contributed by atoms with van der Waals surface area (Å²) < 4.78 is 11.1. The maximum absolute atomic E-state index is 12.3. The number of carbonyl (C=O) groups is 1. The second-order valence-electron chi connectivity index (χ2n) is 6.71. The van der Waals surface area contributed by atoms with E-state index in [4.69, 9.17) is 9.15 Å². The quantitative estimate of drug-likeness (QED) is 0.495. The minimum atomic E-state index is -0.378. The predicted octanol–water partition coefficient (Wildman–Crippen LogP) is 4.93. The lowest BCUT2D eigenvalue weighted by Crippen LogP contribution is -2.11. The van der Waals surface area contributed by atoms with Gasteiger partial charge in [0.1, 0.15) is 17.9 Å². The molecule has 0 saturated heterocycles. The smallest absolute Gasteiger partial charge is 0.336 e. The Morgan fingerprint density at radius 2 is 1.72 bits per heavy atom. The van der Waals surface area contributed by atoms with Gasteiger partial charge >= 0.3 is 5.63 Å². The zero-order valence-electron chi connectivity index (χ0n) is 15.8. The van der Waals surface area contributed by atoms with Gasteiger partial charge in [0.05, 0.1) is 0 Å². The maximum atomic E-state index is 12.3. The van der Waals surface area contributed by atoms with E-state index >= 15 is 0 Å². The second-order valence-corrected chi connectivity index (χ2v) is 6.71. The summed E-state index contributed by atoms with van der Waals surface area (Å²) in [5, 5.41) is 3.74. The van der Waals surface area contributed by atoms with Crippen LogP contribution in [0.5, 0.6) is 5.75 Å². The number of fused-ring (bicyclic) bond motifs is 1. The zero-order chi connectivity index (χ0) is 20.2. The van der Waals surface area contributed by atoms with Crippen molar-refractivity contribution >= 4 is 22.6 Å². The number of para-hydroxylation sites is 1. The monoisotopic (exact) mass is 385 g/mol. The summed E-state index contributed by atoms with van der Waals surface area (Å²) in [7, 11) is 0. The van der Waals surface area contributed by atoms with Crippen molar-refractivity contribution in [1.82, 2.24) is 0 Å². The van der Waals surface area contributed by atoms with Crippen molar-refractivity contribution in [2.75, 3.05) is 5.32 Å². The molecule has 0 spiro atoms. The lowest BCUT2D eigenvalue weighted by atomic mass is 10.1. The highest BCUT2D eigenvalue weighted by Crippen LogP contribution is 2.23. The third-order valence-corrected chi connectivity index (χ3v) is 4.58. The summed E-state index contributed by atoms with van der Waals surface area (Å²) in [5.41, 5.74) is 3.24. The molecule has 3 aromatic carbocycles. The highest BCUT2D eigenvalue weighted by molar-refractivity contribution is 6.04. The van der Waals surface area contributed by atoms with Gasteiger partial charge < -0.3 is 14.5 Å². The van der Waals surface area contributed by atoms with Crippen molar-refractivity contribution in [3.63, 3.8) is 0 Å². The molecule has 0 radical (unpaired) electrons. The molecule has 1 aromatic heterocycles. The fourth-order valence-corrected chi connectivity index (χ4v) is 3.04. The van der Waals surface area contributed by atoms with E-state index < -0.39 is 0 Å². The van der Waals surface area contributed by atoms with Crippen molar-refractivity contribution < 1.29 is 13.9 Å². The molecule has 5 heteroatoms. The van der Waals surface area contributed by atoms with Gasteiger partial charge in [0.25, 0.3) is 5.91 Å². The van der Waals surface area contributed by atoms with Gasteiger partial charge in [-0.2, -0.15) is 0 Å². The summed E-state index contributed by atoms with van der Waals surface area (Å²) >= 11 is 0. The van der Waals surface area contributed by atoms with Gasteiger partial charge in [0, 0.05) is 28.8 Å². The molecule has 29 heavy (non-hydrogen) atoms. The first-order chi connectivity index (χ1) is 14.1. The van der Waals surface area contributed by atoms with Gasteiger partial charge in [-0.15, -0.1) is 0 Å². The molecule has 0 aliphatic carbocycles. The number of carbonyl (C=O) groups excluding carboxylic acids is 1. The molecule has 0 aliphatic rings. The van der Waals surface area contributed by atoms with E-state index in [9.17, 15) is 9.59 Å². The fourth-order valence-electron chi connectivity index (χ4n) is 3.04. The number of anilines is 1. The Labute approximate surface area is 167 Å². The summed E-state index contributed by atoms with van der Waals surface area (Å²) in [6.07, 6.45) is 0. The van der Waals surface area contributed by atoms with E-state index in [2.05, 4.69) is 5.32 Å². The van der Waals surface area contributed by atoms with Gasteiger partial charge in [-0.05, 0) is 54.4 Å². The first kappa shape index (κ1) is 18.5. The molecule has 5 nitrogen and oxygen atoms in total.